The Hall–Kier alpha value is -1.43. The third-order valence-electron chi connectivity index (χ3n) is 2.16. The van der Waals surface area contributed by atoms with Crippen LogP contribution >= 0.6 is 11.5 Å². The smallest absolute Gasteiger partial charge is 0.232 e. The fraction of sp³-hybridized carbons (Fsp3) is 0.375. The van der Waals surface area contributed by atoms with E-state index in [-0.39, 0.29) is 0 Å². The molecule has 0 aliphatic rings. The molecule has 0 saturated carbocycles. The minimum Gasteiger partial charge on any atom is -0.367 e. The summed E-state index contributed by atoms with van der Waals surface area (Å²) in [5.41, 5.74) is 8.57. The van der Waals surface area contributed by atoms with Gasteiger partial charge in [0.1, 0.15) is 5.01 Å². The summed E-state index contributed by atoms with van der Waals surface area (Å²) in [7, 11) is 1.91. The lowest BCUT2D eigenvalue weighted by Gasteiger charge is -1.95. The number of hydrogen-bond donors (Lipinski definition) is 1. The molecule has 14 heavy (non-hydrogen) atoms. The molecule has 0 unspecified atom stereocenters. The highest BCUT2D eigenvalue weighted by Crippen LogP contribution is 2.28. The second-order valence-electron chi connectivity index (χ2n) is 3.13. The first kappa shape index (κ1) is 9.14. The van der Waals surface area contributed by atoms with Crippen molar-refractivity contribution in [1.82, 2.24) is 19.1 Å². The van der Waals surface area contributed by atoms with Gasteiger partial charge in [-0.3, -0.25) is 4.68 Å². The molecule has 0 radical (unpaired) electrons. The lowest BCUT2D eigenvalue weighted by atomic mass is 10.2. The van der Waals surface area contributed by atoms with Crippen molar-refractivity contribution in [3.63, 3.8) is 0 Å². The minimum absolute atomic E-state index is 0.327. The predicted molar refractivity (Wildman–Crippen MR) is 56.0 cm³/mol. The molecule has 2 aromatic rings. The van der Waals surface area contributed by atoms with Gasteiger partial charge in [-0.15, -0.1) is 0 Å². The van der Waals surface area contributed by atoms with Gasteiger partial charge in [0.05, 0.1) is 11.3 Å². The average Bonchev–Trinajstić information content (AvgIpc) is 2.60. The van der Waals surface area contributed by atoms with Gasteiger partial charge < -0.3 is 5.73 Å². The van der Waals surface area contributed by atoms with Gasteiger partial charge in [0.25, 0.3) is 0 Å². The highest BCUT2D eigenvalue weighted by molar-refractivity contribution is 7.09. The van der Waals surface area contributed by atoms with E-state index >= 15 is 0 Å². The Balaban J connectivity index is 2.61. The van der Waals surface area contributed by atoms with Crippen molar-refractivity contribution in [2.75, 3.05) is 5.73 Å². The van der Waals surface area contributed by atoms with Gasteiger partial charge in [0, 0.05) is 12.7 Å². The first-order valence-electron chi connectivity index (χ1n) is 4.19. The molecule has 0 spiro atoms. The van der Waals surface area contributed by atoms with Crippen molar-refractivity contribution in [2.24, 2.45) is 7.05 Å². The molecule has 2 rings (SSSR count). The summed E-state index contributed by atoms with van der Waals surface area (Å²) in [4.78, 5) is 4.15. The fourth-order valence-electron chi connectivity index (χ4n) is 1.42. The van der Waals surface area contributed by atoms with Crippen LogP contribution in [0.3, 0.4) is 0 Å². The maximum absolute atomic E-state index is 5.48. The van der Waals surface area contributed by atoms with Crippen LogP contribution in [0.5, 0.6) is 0 Å². The molecule has 0 atom stereocenters. The van der Waals surface area contributed by atoms with Crippen molar-refractivity contribution in [3.8, 4) is 10.6 Å². The molecule has 0 aliphatic heterocycles. The second kappa shape index (κ2) is 3.06. The van der Waals surface area contributed by atoms with Gasteiger partial charge in [-0.25, -0.2) is 0 Å². The zero-order valence-corrected chi connectivity index (χ0v) is 9.09. The molecule has 2 aromatic heterocycles. The van der Waals surface area contributed by atoms with Gasteiger partial charge in [-0.05, 0) is 25.4 Å². The zero-order valence-electron chi connectivity index (χ0n) is 8.27. The molecule has 2 heterocycles. The molecule has 74 valence electrons. The van der Waals surface area contributed by atoms with Crippen LogP contribution in [0.2, 0.25) is 0 Å². The van der Waals surface area contributed by atoms with E-state index in [1.54, 1.807) is 0 Å². The summed E-state index contributed by atoms with van der Waals surface area (Å²) in [6, 6.07) is 0. The molecular formula is C8H11N5S. The molecule has 0 aromatic carbocycles. The van der Waals surface area contributed by atoms with E-state index in [0.29, 0.717) is 5.95 Å². The molecule has 2 N–H and O–H groups in total. The van der Waals surface area contributed by atoms with Gasteiger partial charge in [-0.2, -0.15) is 14.5 Å². The first-order chi connectivity index (χ1) is 6.59. The first-order valence-corrected chi connectivity index (χ1v) is 4.96. The van der Waals surface area contributed by atoms with Crippen molar-refractivity contribution >= 4 is 17.5 Å². The summed E-state index contributed by atoms with van der Waals surface area (Å²) >= 11 is 1.30. The number of aromatic nitrogens is 4. The van der Waals surface area contributed by atoms with Gasteiger partial charge in [-0.1, -0.05) is 0 Å². The van der Waals surface area contributed by atoms with E-state index in [1.807, 2.05) is 25.6 Å². The minimum atomic E-state index is 0.327. The number of hydrogen-bond acceptors (Lipinski definition) is 5. The summed E-state index contributed by atoms with van der Waals surface area (Å²) in [5.74, 6) is 0.327. The third kappa shape index (κ3) is 1.27. The van der Waals surface area contributed by atoms with Crippen molar-refractivity contribution < 1.29 is 0 Å². The Bertz CT molecular complexity index is 470. The number of anilines is 1. The quantitative estimate of drug-likeness (QED) is 0.764. The predicted octanol–water partition coefficient (Wildman–Crippen LogP) is 1.14. The van der Waals surface area contributed by atoms with E-state index in [9.17, 15) is 0 Å². The zero-order chi connectivity index (χ0) is 10.3. The van der Waals surface area contributed by atoms with Crippen LogP contribution in [0.4, 0.5) is 5.95 Å². The van der Waals surface area contributed by atoms with E-state index in [1.165, 1.54) is 11.5 Å². The third-order valence-corrected chi connectivity index (χ3v) is 2.91. The summed E-state index contributed by atoms with van der Waals surface area (Å²) in [6.45, 7) is 3.97. The van der Waals surface area contributed by atoms with E-state index in [2.05, 4.69) is 14.5 Å². The largest absolute Gasteiger partial charge is 0.367 e. The molecule has 6 heteroatoms. The number of rotatable bonds is 1. The van der Waals surface area contributed by atoms with Crippen molar-refractivity contribution in [3.05, 3.63) is 11.4 Å². The Labute approximate surface area is 85.8 Å². The maximum atomic E-state index is 5.48. The Morgan fingerprint density at radius 3 is 2.50 bits per heavy atom. The summed E-state index contributed by atoms with van der Waals surface area (Å²) in [6.07, 6.45) is 0. The number of nitrogens with two attached hydrogens (primary N) is 1. The van der Waals surface area contributed by atoms with E-state index < -0.39 is 0 Å². The highest BCUT2D eigenvalue weighted by Gasteiger charge is 2.14. The highest BCUT2D eigenvalue weighted by atomic mass is 32.1. The monoisotopic (exact) mass is 209 g/mol. The van der Waals surface area contributed by atoms with E-state index in [0.717, 1.165) is 22.0 Å². The molecule has 0 aliphatic carbocycles. The van der Waals surface area contributed by atoms with Crippen LogP contribution in [0.25, 0.3) is 10.6 Å². The topological polar surface area (TPSA) is 69.6 Å². The second-order valence-corrected chi connectivity index (χ2v) is 3.88. The molecular weight excluding hydrogens is 198 g/mol. The Morgan fingerprint density at radius 1 is 1.36 bits per heavy atom. The van der Waals surface area contributed by atoms with Crippen molar-refractivity contribution in [2.45, 2.75) is 13.8 Å². The summed E-state index contributed by atoms with van der Waals surface area (Å²) < 4.78 is 5.79. The van der Waals surface area contributed by atoms with Crippen LogP contribution < -0.4 is 5.73 Å². The van der Waals surface area contributed by atoms with Gasteiger partial charge in [0.15, 0.2) is 0 Å². The average molecular weight is 209 g/mol. The van der Waals surface area contributed by atoms with Crippen LogP contribution in [0.1, 0.15) is 11.4 Å². The molecule has 0 amide bonds. The number of nitrogen functional groups attached to an aromatic ring is 1. The molecule has 0 saturated heterocycles. The lowest BCUT2D eigenvalue weighted by Crippen LogP contribution is -1.92. The van der Waals surface area contributed by atoms with Gasteiger partial charge >= 0.3 is 0 Å². The lowest BCUT2D eigenvalue weighted by molar-refractivity contribution is 0.731. The van der Waals surface area contributed by atoms with E-state index in [4.69, 9.17) is 5.73 Å². The number of aryl methyl sites for hydroxylation is 2. The summed E-state index contributed by atoms with van der Waals surface area (Å²) in [5, 5.41) is 5.15. The fourth-order valence-corrected chi connectivity index (χ4v) is 2.16. The van der Waals surface area contributed by atoms with Gasteiger partial charge in [0.2, 0.25) is 5.95 Å². The van der Waals surface area contributed by atoms with Crippen LogP contribution in [-0.2, 0) is 7.05 Å². The maximum Gasteiger partial charge on any atom is 0.232 e. The van der Waals surface area contributed by atoms with Crippen molar-refractivity contribution in [1.29, 1.82) is 0 Å². The standard InChI is InChI=1S/C8H11N5S/c1-4-6(5(2)13(3)11-4)7-10-8(9)12-14-7/h1-3H3,(H2,9,12). The Kier molecular flexibility index (Phi) is 1.99. The molecule has 5 nitrogen and oxygen atoms in total. The molecule has 0 bridgehead atoms. The van der Waals surface area contributed by atoms with Crippen LogP contribution in [0, 0.1) is 13.8 Å². The molecule has 0 fully saturated rings. The normalized spacial score (nSPS) is 10.8. The Morgan fingerprint density at radius 2 is 2.07 bits per heavy atom. The van der Waals surface area contributed by atoms with Crippen LogP contribution in [0.15, 0.2) is 0 Å². The SMILES string of the molecule is Cc1nn(C)c(C)c1-c1nc(N)ns1. The van der Waals surface area contributed by atoms with Crippen LogP contribution in [-0.4, -0.2) is 19.1 Å². The number of nitrogens with zero attached hydrogens (tertiary/aromatic N) is 4.